The van der Waals surface area contributed by atoms with Crippen molar-refractivity contribution in [1.82, 2.24) is 0 Å². The molecule has 1 aromatic rings. The Kier molecular flexibility index (Phi) is 3.71. The van der Waals surface area contributed by atoms with Gasteiger partial charge in [-0.2, -0.15) is 0 Å². The summed E-state index contributed by atoms with van der Waals surface area (Å²) >= 11 is 0. The molecule has 0 aromatic heterocycles. The zero-order chi connectivity index (χ0) is 13.2. The molecule has 5 heteroatoms. The Hall–Kier alpha value is -1.36. The Balaban J connectivity index is 2.09. The van der Waals surface area contributed by atoms with E-state index < -0.39 is 9.84 Å². The lowest BCUT2D eigenvalue weighted by Gasteiger charge is -2.09. The maximum atomic E-state index is 12.1. The maximum absolute atomic E-state index is 12.1. The molecule has 1 saturated heterocycles. The number of benzene rings is 1. The summed E-state index contributed by atoms with van der Waals surface area (Å²) in [6, 6.07) is 7.03. The number of rotatable bonds is 4. The van der Waals surface area contributed by atoms with Crippen LogP contribution in [0, 0.1) is 5.92 Å². The van der Waals surface area contributed by atoms with Gasteiger partial charge in [0.25, 0.3) is 0 Å². The largest absolute Gasteiger partial charge is 0.496 e. The fraction of sp³-hybridized carbons (Fsp3) is 0.462. The van der Waals surface area contributed by atoms with Crippen molar-refractivity contribution in [2.75, 3.05) is 18.6 Å². The predicted octanol–water partition coefficient (Wildman–Crippen LogP) is 1.70. The molecule has 1 atom stereocenters. The van der Waals surface area contributed by atoms with Crippen LogP contribution in [0.25, 0.3) is 0 Å². The van der Waals surface area contributed by atoms with E-state index >= 15 is 0 Å². The second kappa shape index (κ2) is 5.10. The van der Waals surface area contributed by atoms with Crippen molar-refractivity contribution in [3.63, 3.8) is 0 Å². The fourth-order valence-corrected chi connectivity index (χ4v) is 4.14. The SMILES string of the molecule is COc1ccccc1C(=O)CC1CCS(=O)(=O)C1. The number of sulfone groups is 1. The molecule has 0 radical (unpaired) electrons. The van der Waals surface area contributed by atoms with Crippen molar-refractivity contribution < 1.29 is 17.9 Å². The average molecular weight is 268 g/mol. The highest BCUT2D eigenvalue weighted by Crippen LogP contribution is 2.26. The third-order valence-corrected chi connectivity index (χ3v) is 5.05. The van der Waals surface area contributed by atoms with Crippen LogP contribution in [0.4, 0.5) is 0 Å². The van der Waals surface area contributed by atoms with Crippen LogP contribution in [0.15, 0.2) is 24.3 Å². The van der Waals surface area contributed by atoms with Crippen LogP contribution in [0.2, 0.25) is 0 Å². The summed E-state index contributed by atoms with van der Waals surface area (Å²) in [7, 11) is -1.40. The van der Waals surface area contributed by atoms with Crippen molar-refractivity contribution in [3.05, 3.63) is 29.8 Å². The van der Waals surface area contributed by atoms with Crippen LogP contribution in [0.1, 0.15) is 23.2 Å². The van der Waals surface area contributed by atoms with E-state index in [4.69, 9.17) is 4.74 Å². The number of para-hydroxylation sites is 1. The van der Waals surface area contributed by atoms with Gasteiger partial charge < -0.3 is 4.74 Å². The normalized spacial score (nSPS) is 21.7. The number of carbonyl (C=O) groups excluding carboxylic acids is 1. The van der Waals surface area contributed by atoms with Gasteiger partial charge in [-0.1, -0.05) is 12.1 Å². The van der Waals surface area contributed by atoms with Crippen molar-refractivity contribution in [1.29, 1.82) is 0 Å². The first kappa shape index (κ1) is 13.1. The van der Waals surface area contributed by atoms with E-state index in [-0.39, 0.29) is 29.6 Å². The molecule has 0 N–H and O–H groups in total. The molecule has 1 unspecified atom stereocenters. The van der Waals surface area contributed by atoms with E-state index in [0.717, 1.165) is 0 Å². The molecule has 1 aliphatic rings. The van der Waals surface area contributed by atoms with Gasteiger partial charge in [0.1, 0.15) is 5.75 Å². The summed E-state index contributed by atoms with van der Waals surface area (Å²) in [4.78, 5) is 12.1. The fourth-order valence-electron chi connectivity index (χ4n) is 2.28. The molecule has 1 fully saturated rings. The number of carbonyl (C=O) groups is 1. The minimum absolute atomic E-state index is 0.0467. The highest BCUT2D eigenvalue weighted by Gasteiger charge is 2.30. The van der Waals surface area contributed by atoms with Gasteiger partial charge in [-0.15, -0.1) is 0 Å². The molecule has 2 rings (SSSR count). The monoisotopic (exact) mass is 268 g/mol. The second-order valence-corrected chi connectivity index (χ2v) is 6.83. The topological polar surface area (TPSA) is 60.4 Å². The molecule has 0 saturated carbocycles. The number of hydrogen-bond donors (Lipinski definition) is 0. The minimum Gasteiger partial charge on any atom is -0.496 e. The third-order valence-electron chi connectivity index (χ3n) is 3.21. The average Bonchev–Trinajstić information content (AvgIpc) is 2.68. The Bertz CT molecular complexity index is 548. The third kappa shape index (κ3) is 2.90. The Morgan fingerprint density at radius 3 is 2.72 bits per heavy atom. The zero-order valence-corrected chi connectivity index (χ0v) is 11.1. The first-order chi connectivity index (χ1) is 8.52. The van der Waals surface area contributed by atoms with Crippen LogP contribution in [0.5, 0.6) is 5.75 Å². The highest BCUT2D eigenvalue weighted by atomic mass is 32.2. The van der Waals surface area contributed by atoms with Crippen LogP contribution < -0.4 is 4.74 Å². The number of ether oxygens (including phenoxy) is 1. The van der Waals surface area contributed by atoms with E-state index in [2.05, 4.69) is 0 Å². The lowest BCUT2D eigenvalue weighted by molar-refractivity contribution is 0.0963. The van der Waals surface area contributed by atoms with E-state index in [1.807, 2.05) is 0 Å². The van der Waals surface area contributed by atoms with Crippen molar-refractivity contribution >= 4 is 15.6 Å². The van der Waals surface area contributed by atoms with E-state index in [0.29, 0.717) is 17.7 Å². The van der Waals surface area contributed by atoms with Gasteiger partial charge in [-0.25, -0.2) is 8.42 Å². The molecule has 0 amide bonds. The molecule has 0 bridgehead atoms. The summed E-state index contributed by atoms with van der Waals surface area (Å²) in [5, 5.41) is 0. The molecule has 0 spiro atoms. The first-order valence-electron chi connectivity index (χ1n) is 5.88. The molecule has 98 valence electrons. The van der Waals surface area contributed by atoms with E-state index in [1.54, 1.807) is 24.3 Å². The van der Waals surface area contributed by atoms with Crippen molar-refractivity contribution in [2.45, 2.75) is 12.8 Å². The molecule has 1 aromatic carbocycles. The molecule has 1 heterocycles. The van der Waals surface area contributed by atoms with Gasteiger partial charge in [0.15, 0.2) is 15.6 Å². The molecule has 0 aliphatic carbocycles. The van der Waals surface area contributed by atoms with Crippen molar-refractivity contribution in [3.8, 4) is 5.75 Å². The summed E-state index contributed by atoms with van der Waals surface area (Å²) in [5.41, 5.74) is 0.532. The molecule has 1 aliphatic heterocycles. The Labute approximate surface area is 107 Å². The molecular weight excluding hydrogens is 252 g/mol. The Morgan fingerprint density at radius 2 is 2.11 bits per heavy atom. The second-order valence-electron chi connectivity index (χ2n) is 4.60. The van der Waals surface area contributed by atoms with E-state index in [1.165, 1.54) is 7.11 Å². The van der Waals surface area contributed by atoms with Gasteiger partial charge in [0.2, 0.25) is 0 Å². The Morgan fingerprint density at radius 1 is 1.39 bits per heavy atom. The highest BCUT2D eigenvalue weighted by molar-refractivity contribution is 7.91. The van der Waals surface area contributed by atoms with Gasteiger partial charge in [-0.05, 0) is 24.5 Å². The molecule has 18 heavy (non-hydrogen) atoms. The number of ketones is 1. The quantitative estimate of drug-likeness (QED) is 0.780. The number of Topliss-reactive ketones (excluding diaryl/α,β-unsaturated/α-hetero) is 1. The molecule has 4 nitrogen and oxygen atoms in total. The zero-order valence-electron chi connectivity index (χ0n) is 10.3. The van der Waals surface area contributed by atoms with E-state index in [9.17, 15) is 13.2 Å². The number of hydrogen-bond acceptors (Lipinski definition) is 4. The standard InChI is InChI=1S/C13H16O4S/c1-17-13-5-3-2-4-11(13)12(14)8-10-6-7-18(15,16)9-10/h2-5,10H,6-9H2,1H3. The predicted molar refractivity (Wildman–Crippen MR) is 68.7 cm³/mol. The summed E-state index contributed by atoms with van der Waals surface area (Å²) in [6.45, 7) is 0. The first-order valence-corrected chi connectivity index (χ1v) is 7.70. The van der Waals surface area contributed by atoms with Gasteiger partial charge in [-0.3, -0.25) is 4.79 Å². The molecular formula is C13H16O4S. The van der Waals surface area contributed by atoms with Gasteiger partial charge >= 0.3 is 0 Å². The number of methoxy groups -OCH3 is 1. The smallest absolute Gasteiger partial charge is 0.166 e. The van der Waals surface area contributed by atoms with Crippen LogP contribution in [-0.2, 0) is 9.84 Å². The van der Waals surface area contributed by atoms with Crippen molar-refractivity contribution in [2.24, 2.45) is 5.92 Å². The lowest BCUT2D eigenvalue weighted by Crippen LogP contribution is -2.11. The van der Waals surface area contributed by atoms with Gasteiger partial charge in [0, 0.05) is 6.42 Å². The lowest BCUT2D eigenvalue weighted by atomic mass is 9.97. The minimum atomic E-state index is -2.92. The summed E-state index contributed by atoms with van der Waals surface area (Å²) < 4.78 is 27.8. The summed E-state index contributed by atoms with van der Waals surface area (Å²) in [5.74, 6) is 0.787. The van der Waals surface area contributed by atoms with Crippen LogP contribution in [0.3, 0.4) is 0 Å². The van der Waals surface area contributed by atoms with Crippen LogP contribution >= 0.6 is 0 Å². The maximum Gasteiger partial charge on any atom is 0.166 e. The van der Waals surface area contributed by atoms with Crippen LogP contribution in [-0.4, -0.2) is 32.8 Å². The van der Waals surface area contributed by atoms with Gasteiger partial charge in [0.05, 0.1) is 24.2 Å². The summed E-state index contributed by atoms with van der Waals surface area (Å²) in [6.07, 6.45) is 0.864.